The number of nitrogen functional groups attached to an aromatic ring is 1. The molecule has 19 heavy (non-hydrogen) atoms. The molecule has 1 aliphatic heterocycles. The van der Waals surface area contributed by atoms with E-state index in [0.717, 1.165) is 0 Å². The van der Waals surface area contributed by atoms with Crippen LogP contribution in [-0.2, 0) is 4.74 Å². The minimum absolute atomic E-state index is 0.259. The van der Waals surface area contributed by atoms with Crippen molar-refractivity contribution in [1.82, 2.24) is 19.5 Å². The van der Waals surface area contributed by atoms with Crippen LogP contribution in [0.1, 0.15) is 6.23 Å². The van der Waals surface area contributed by atoms with Gasteiger partial charge in [0.1, 0.15) is 24.1 Å². The molecular formula is C10H14N6O3. The molecule has 0 radical (unpaired) electrons. The van der Waals surface area contributed by atoms with E-state index in [1.54, 1.807) is 4.57 Å². The quantitative estimate of drug-likeness (QED) is 0.487. The molecule has 2 aromatic heterocycles. The average molecular weight is 266 g/mol. The molecule has 9 nitrogen and oxygen atoms in total. The van der Waals surface area contributed by atoms with Gasteiger partial charge in [0, 0.05) is 0 Å². The zero-order valence-electron chi connectivity index (χ0n) is 9.92. The molecule has 0 amide bonds. The molecular weight excluding hydrogens is 252 g/mol. The lowest BCUT2D eigenvalue weighted by atomic mass is 10.1. The fourth-order valence-electron chi connectivity index (χ4n) is 2.23. The summed E-state index contributed by atoms with van der Waals surface area (Å²) in [5, 5.41) is 19.0. The highest BCUT2D eigenvalue weighted by Crippen LogP contribution is 2.30. The third-order valence-electron chi connectivity index (χ3n) is 3.26. The molecule has 0 aliphatic carbocycles. The minimum Gasteiger partial charge on any atom is -0.394 e. The van der Waals surface area contributed by atoms with Crippen LogP contribution in [0.3, 0.4) is 0 Å². The SMILES string of the molecule is Nc1ncnc2c1ncn2[C@H]1O[C@@H](CO)[C@H](O)[C@@H]1N. The van der Waals surface area contributed by atoms with Gasteiger partial charge >= 0.3 is 0 Å². The number of nitrogens with two attached hydrogens (primary N) is 2. The van der Waals surface area contributed by atoms with Crippen LogP contribution in [0.5, 0.6) is 0 Å². The van der Waals surface area contributed by atoms with Crippen LogP contribution in [0, 0.1) is 0 Å². The van der Waals surface area contributed by atoms with E-state index in [1.807, 2.05) is 0 Å². The summed E-state index contributed by atoms with van der Waals surface area (Å²) in [7, 11) is 0. The number of hydrogen-bond donors (Lipinski definition) is 4. The third-order valence-corrected chi connectivity index (χ3v) is 3.26. The molecule has 0 saturated carbocycles. The maximum absolute atomic E-state index is 9.85. The lowest BCUT2D eigenvalue weighted by Crippen LogP contribution is -2.39. The maximum Gasteiger partial charge on any atom is 0.167 e. The number of aliphatic hydroxyl groups is 2. The Labute approximate surface area is 107 Å². The topological polar surface area (TPSA) is 145 Å². The molecule has 6 N–H and O–H groups in total. The zero-order valence-corrected chi connectivity index (χ0v) is 9.92. The van der Waals surface area contributed by atoms with Crippen molar-refractivity contribution >= 4 is 17.0 Å². The van der Waals surface area contributed by atoms with Crippen molar-refractivity contribution < 1.29 is 14.9 Å². The number of rotatable bonds is 2. The lowest BCUT2D eigenvalue weighted by Gasteiger charge is -2.17. The van der Waals surface area contributed by atoms with E-state index in [-0.39, 0.29) is 12.4 Å². The highest BCUT2D eigenvalue weighted by atomic mass is 16.5. The van der Waals surface area contributed by atoms with Crippen molar-refractivity contribution in [2.24, 2.45) is 5.73 Å². The monoisotopic (exact) mass is 266 g/mol. The molecule has 1 fully saturated rings. The Morgan fingerprint density at radius 2 is 2.16 bits per heavy atom. The second-order valence-corrected chi connectivity index (χ2v) is 4.40. The average Bonchev–Trinajstić information content (AvgIpc) is 2.94. The Balaban J connectivity index is 2.04. The number of nitrogens with zero attached hydrogens (tertiary/aromatic N) is 4. The van der Waals surface area contributed by atoms with Crippen molar-refractivity contribution in [3.05, 3.63) is 12.7 Å². The van der Waals surface area contributed by atoms with Crippen LogP contribution in [0.25, 0.3) is 11.2 Å². The third kappa shape index (κ3) is 1.75. The van der Waals surface area contributed by atoms with Crippen LogP contribution < -0.4 is 11.5 Å². The highest BCUT2D eigenvalue weighted by molar-refractivity contribution is 5.81. The Morgan fingerprint density at radius 1 is 1.37 bits per heavy atom. The molecule has 0 spiro atoms. The van der Waals surface area contributed by atoms with Crippen LogP contribution in [0.2, 0.25) is 0 Å². The summed E-state index contributed by atoms with van der Waals surface area (Å²) in [4.78, 5) is 12.0. The highest BCUT2D eigenvalue weighted by Gasteiger charge is 2.42. The van der Waals surface area contributed by atoms with Crippen molar-refractivity contribution in [2.75, 3.05) is 12.3 Å². The van der Waals surface area contributed by atoms with E-state index < -0.39 is 24.5 Å². The van der Waals surface area contributed by atoms with Crippen molar-refractivity contribution in [1.29, 1.82) is 0 Å². The molecule has 4 atom stereocenters. The normalized spacial score (nSPS) is 31.1. The Bertz CT molecular complexity index is 602. The zero-order chi connectivity index (χ0) is 13.6. The van der Waals surface area contributed by atoms with Gasteiger partial charge in [0.25, 0.3) is 0 Å². The summed E-state index contributed by atoms with van der Waals surface area (Å²) in [6.45, 7) is -0.310. The first-order chi connectivity index (χ1) is 9.13. The van der Waals surface area contributed by atoms with E-state index in [9.17, 15) is 5.11 Å². The van der Waals surface area contributed by atoms with Gasteiger partial charge in [-0.3, -0.25) is 4.57 Å². The van der Waals surface area contributed by atoms with Gasteiger partial charge in [-0.15, -0.1) is 0 Å². The van der Waals surface area contributed by atoms with Crippen LogP contribution in [0.15, 0.2) is 12.7 Å². The minimum atomic E-state index is -0.952. The maximum atomic E-state index is 9.85. The first-order valence-corrected chi connectivity index (χ1v) is 5.76. The van der Waals surface area contributed by atoms with Gasteiger partial charge in [0.15, 0.2) is 17.7 Å². The smallest absolute Gasteiger partial charge is 0.167 e. The number of aliphatic hydroxyl groups excluding tert-OH is 2. The summed E-state index contributed by atoms with van der Waals surface area (Å²) >= 11 is 0. The Hall–Kier alpha value is -1.81. The second kappa shape index (κ2) is 4.38. The van der Waals surface area contributed by atoms with E-state index in [4.69, 9.17) is 21.3 Å². The van der Waals surface area contributed by atoms with Crippen molar-refractivity contribution in [3.8, 4) is 0 Å². The number of hydrogen-bond acceptors (Lipinski definition) is 8. The van der Waals surface area contributed by atoms with Gasteiger partial charge in [-0.25, -0.2) is 15.0 Å². The molecule has 1 saturated heterocycles. The standard InChI is InChI=1S/C10H14N6O3/c11-5-7(18)4(1-17)19-10(5)16-3-15-6-8(12)13-2-14-9(6)16/h2-5,7,10,17-18H,1,11H2,(H2,12,13,14)/t4-,5-,7-,10-/m0/s1. The molecule has 0 bridgehead atoms. The van der Waals surface area contributed by atoms with Crippen LogP contribution in [0.4, 0.5) is 5.82 Å². The number of ether oxygens (including phenoxy) is 1. The molecule has 3 rings (SSSR count). The first-order valence-electron chi connectivity index (χ1n) is 5.76. The number of aromatic nitrogens is 4. The summed E-state index contributed by atoms with van der Waals surface area (Å²) < 4.78 is 7.10. The summed E-state index contributed by atoms with van der Waals surface area (Å²) in [6.07, 6.45) is 0.456. The fraction of sp³-hybridized carbons (Fsp3) is 0.500. The van der Waals surface area contributed by atoms with Crippen LogP contribution >= 0.6 is 0 Å². The predicted octanol–water partition coefficient (Wildman–Crippen LogP) is -2.01. The number of fused-ring (bicyclic) bond motifs is 1. The van der Waals surface area contributed by atoms with Gasteiger partial charge in [-0.1, -0.05) is 0 Å². The molecule has 9 heteroatoms. The van der Waals surface area contributed by atoms with E-state index >= 15 is 0 Å². The molecule has 1 aliphatic rings. The molecule has 3 heterocycles. The Morgan fingerprint density at radius 3 is 2.84 bits per heavy atom. The van der Waals surface area contributed by atoms with Gasteiger partial charge < -0.3 is 26.4 Å². The van der Waals surface area contributed by atoms with E-state index in [2.05, 4.69) is 15.0 Å². The van der Waals surface area contributed by atoms with Gasteiger partial charge in [0.2, 0.25) is 0 Å². The van der Waals surface area contributed by atoms with E-state index in [1.165, 1.54) is 12.7 Å². The fourth-order valence-corrected chi connectivity index (χ4v) is 2.23. The molecule has 102 valence electrons. The Kier molecular flexibility index (Phi) is 2.82. The van der Waals surface area contributed by atoms with Gasteiger partial charge in [-0.2, -0.15) is 0 Å². The van der Waals surface area contributed by atoms with Gasteiger partial charge in [0.05, 0.1) is 19.0 Å². The van der Waals surface area contributed by atoms with Gasteiger partial charge in [-0.05, 0) is 0 Å². The summed E-state index contributed by atoms with van der Waals surface area (Å²) in [6, 6.07) is -0.689. The number of imidazole rings is 1. The van der Waals surface area contributed by atoms with Crippen molar-refractivity contribution in [3.63, 3.8) is 0 Å². The number of anilines is 1. The molecule has 0 unspecified atom stereocenters. The largest absolute Gasteiger partial charge is 0.394 e. The molecule has 2 aromatic rings. The van der Waals surface area contributed by atoms with E-state index in [0.29, 0.717) is 11.2 Å². The summed E-state index contributed by atoms with van der Waals surface area (Å²) in [5.74, 6) is 0.259. The van der Waals surface area contributed by atoms with Crippen molar-refractivity contribution in [2.45, 2.75) is 24.5 Å². The first kappa shape index (κ1) is 12.2. The summed E-state index contributed by atoms with van der Waals surface area (Å²) in [5.41, 5.74) is 12.5. The second-order valence-electron chi connectivity index (χ2n) is 4.40. The predicted molar refractivity (Wildman–Crippen MR) is 64.7 cm³/mol. The lowest BCUT2D eigenvalue weighted by molar-refractivity contribution is -0.0437. The van der Waals surface area contributed by atoms with Crippen LogP contribution in [-0.4, -0.2) is 54.6 Å². The molecule has 0 aromatic carbocycles.